The number of anilines is 2. The van der Waals surface area contributed by atoms with Crippen LogP contribution in [0, 0.1) is 13.8 Å². The van der Waals surface area contributed by atoms with Crippen LogP contribution in [0.3, 0.4) is 0 Å². The Morgan fingerprint density at radius 1 is 1.12 bits per heavy atom. The van der Waals surface area contributed by atoms with Crippen LogP contribution < -0.4 is 10.6 Å². The quantitative estimate of drug-likeness (QED) is 0.733. The molecule has 0 saturated carbocycles. The van der Waals surface area contributed by atoms with E-state index < -0.39 is 0 Å². The Bertz CT molecular complexity index is 889. The van der Waals surface area contributed by atoms with E-state index in [4.69, 9.17) is 0 Å². The smallest absolute Gasteiger partial charge is 0.227 e. The topological polar surface area (TPSA) is 79.8 Å². The number of aryl methyl sites for hydroxylation is 2. The third kappa shape index (κ3) is 4.39. The molecule has 0 bridgehead atoms. The Morgan fingerprint density at radius 3 is 2.52 bits per heavy atom. The predicted octanol–water partition coefficient (Wildman–Crippen LogP) is 3.60. The van der Waals surface area contributed by atoms with E-state index in [1.54, 1.807) is 17.5 Å². The van der Waals surface area contributed by atoms with Gasteiger partial charge in [0, 0.05) is 25.4 Å². The molecule has 6 nitrogen and oxygen atoms in total. The van der Waals surface area contributed by atoms with Crippen LogP contribution in [0.15, 0.2) is 36.5 Å². The molecule has 3 aromatic rings. The van der Waals surface area contributed by atoms with Crippen LogP contribution in [0.2, 0.25) is 0 Å². The van der Waals surface area contributed by atoms with E-state index in [-0.39, 0.29) is 5.91 Å². The molecule has 3 rings (SSSR count). The van der Waals surface area contributed by atoms with Crippen molar-refractivity contribution in [3.8, 4) is 10.6 Å². The van der Waals surface area contributed by atoms with Crippen molar-refractivity contribution in [1.82, 2.24) is 20.3 Å². The highest BCUT2D eigenvalue weighted by Crippen LogP contribution is 2.28. The van der Waals surface area contributed by atoms with Crippen LogP contribution in [0.1, 0.15) is 23.2 Å². The van der Waals surface area contributed by atoms with Gasteiger partial charge in [0.2, 0.25) is 11.9 Å². The molecule has 25 heavy (non-hydrogen) atoms. The second kappa shape index (κ2) is 7.40. The summed E-state index contributed by atoms with van der Waals surface area (Å²) in [4.78, 5) is 25.3. The van der Waals surface area contributed by atoms with Crippen LogP contribution in [0.4, 0.5) is 11.6 Å². The molecule has 0 spiro atoms. The first kappa shape index (κ1) is 17.0. The van der Waals surface area contributed by atoms with E-state index in [1.807, 2.05) is 44.2 Å². The van der Waals surface area contributed by atoms with Crippen LogP contribution in [-0.4, -0.2) is 20.9 Å². The van der Waals surface area contributed by atoms with Crippen molar-refractivity contribution in [2.45, 2.75) is 27.3 Å². The van der Waals surface area contributed by atoms with Gasteiger partial charge in [-0.1, -0.05) is 12.1 Å². The fraction of sp³-hybridized carbons (Fsp3) is 0.222. The fourth-order valence-corrected chi connectivity index (χ4v) is 3.27. The van der Waals surface area contributed by atoms with E-state index in [2.05, 4.69) is 25.6 Å². The highest BCUT2D eigenvalue weighted by molar-refractivity contribution is 7.15. The number of carbonyl (C=O) groups excluding carboxylic acids is 1. The first-order valence-corrected chi connectivity index (χ1v) is 8.71. The van der Waals surface area contributed by atoms with E-state index in [9.17, 15) is 4.79 Å². The maximum Gasteiger partial charge on any atom is 0.227 e. The highest BCUT2D eigenvalue weighted by atomic mass is 32.1. The fourth-order valence-electron chi connectivity index (χ4n) is 2.38. The average Bonchev–Trinajstić information content (AvgIpc) is 2.93. The van der Waals surface area contributed by atoms with Gasteiger partial charge in [-0.3, -0.25) is 4.79 Å². The lowest BCUT2D eigenvalue weighted by Gasteiger charge is -2.07. The summed E-state index contributed by atoms with van der Waals surface area (Å²) in [5.41, 5.74) is 3.77. The van der Waals surface area contributed by atoms with Gasteiger partial charge in [-0.05, 0) is 37.6 Å². The molecule has 0 aliphatic carbocycles. The number of amides is 1. The number of nitrogens with one attached hydrogen (secondary N) is 2. The Hall–Kier alpha value is -2.80. The van der Waals surface area contributed by atoms with Crippen molar-refractivity contribution in [2.24, 2.45) is 0 Å². The molecule has 1 aromatic carbocycles. The van der Waals surface area contributed by atoms with E-state index in [1.165, 1.54) is 6.92 Å². The maximum atomic E-state index is 11.0. The number of thiazole rings is 1. The van der Waals surface area contributed by atoms with Crippen molar-refractivity contribution in [3.05, 3.63) is 52.8 Å². The number of hydrogen-bond donors (Lipinski definition) is 2. The van der Waals surface area contributed by atoms with Crippen LogP contribution in [0.25, 0.3) is 10.6 Å². The number of rotatable bonds is 5. The predicted molar refractivity (Wildman–Crippen MR) is 99.9 cm³/mol. The summed E-state index contributed by atoms with van der Waals surface area (Å²) < 4.78 is 0. The molecule has 0 radical (unpaired) electrons. The molecule has 0 atom stereocenters. The molecule has 2 aromatic heterocycles. The molecule has 128 valence electrons. The molecule has 7 heteroatoms. The van der Waals surface area contributed by atoms with Crippen LogP contribution in [0.5, 0.6) is 0 Å². The lowest BCUT2D eigenvalue weighted by Crippen LogP contribution is -2.18. The maximum absolute atomic E-state index is 11.0. The molecule has 0 saturated heterocycles. The minimum Gasteiger partial charge on any atom is -0.352 e. The van der Waals surface area contributed by atoms with Gasteiger partial charge in [-0.2, -0.15) is 0 Å². The molecule has 0 aliphatic heterocycles. The molecule has 2 heterocycles. The summed E-state index contributed by atoms with van der Waals surface area (Å²) >= 11 is 1.63. The van der Waals surface area contributed by atoms with Gasteiger partial charge in [0.15, 0.2) is 0 Å². The van der Waals surface area contributed by atoms with E-state index in [0.29, 0.717) is 12.5 Å². The van der Waals surface area contributed by atoms with Crippen molar-refractivity contribution in [3.63, 3.8) is 0 Å². The zero-order valence-corrected chi connectivity index (χ0v) is 15.1. The summed E-state index contributed by atoms with van der Waals surface area (Å²) in [6.07, 6.45) is 1.74. The molecule has 2 N–H and O–H groups in total. The van der Waals surface area contributed by atoms with Gasteiger partial charge in [-0.15, -0.1) is 11.3 Å². The van der Waals surface area contributed by atoms with Crippen molar-refractivity contribution >= 4 is 28.9 Å². The first-order chi connectivity index (χ1) is 12.0. The van der Waals surface area contributed by atoms with Gasteiger partial charge in [-0.25, -0.2) is 15.0 Å². The Labute approximate surface area is 150 Å². The molecular formula is C18H19N5OS. The van der Waals surface area contributed by atoms with Gasteiger partial charge in [0.1, 0.15) is 0 Å². The lowest BCUT2D eigenvalue weighted by molar-refractivity contribution is -0.119. The van der Waals surface area contributed by atoms with Gasteiger partial charge in [0.25, 0.3) is 0 Å². The van der Waals surface area contributed by atoms with Crippen molar-refractivity contribution < 1.29 is 4.79 Å². The Kier molecular flexibility index (Phi) is 5.04. The SMILES string of the molecule is CC(=O)NCc1ccc(Nc2nccc(-c3sc(C)nc3C)n2)cc1. The minimum absolute atomic E-state index is 0.0407. The summed E-state index contributed by atoms with van der Waals surface area (Å²) in [5, 5.41) is 7.01. The third-order valence-corrected chi connectivity index (χ3v) is 4.64. The highest BCUT2D eigenvalue weighted by Gasteiger charge is 2.10. The van der Waals surface area contributed by atoms with Crippen molar-refractivity contribution in [1.29, 1.82) is 0 Å². The summed E-state index contributed by atoms with van der Waals surface area (Å²) in [7, 11) is 0. The molecule has 0 fully saturated rings. The van der Waals surface area contributed by atoms with E-state index >= 15 is 0 Å². The van der Waals surface area contributed by atoms with E-state index in [0.717, 1.165) is 32.5 Å². The van der Waals surface area contributed by atoms with Crippen LogP contribution in [-0.2, 0) is 11.3 Å². The molecule has 0 aliphatic rings. The number of hydrogen-bond acceptors (Lipinski definition) is 6. The average molecular weight is 353 g/mol. The number of nitrogens with zero attached hydrogens (tertiary/aromatic N) is 3. The summed E-state index contributed by atoms with van der Waals surface area (Å²) in [6, 6.07) is 9.68. The van der Waals surface area contributed by atoms with Gasteiger partial charge < -0.3 is 10.6 Å². The Balaban J connectivity index is 1.74. The van der Waals surface area contributed by atoms with Crippen molar-refractivity contribution in [2.75, 3.05) is 5.32 Å². The lowest BCUT2D eigenvalue weighted by atomic mass is 10.2. The number of benzene rings is 1. The summed E-state index contributed by atoms with van der Waals surface area (Å²) in [5.74, 6) is 0.499. The molecular weight excluding hydrogens is 334 g/mol. The minimum atomic E-state index is -0.0407. The number of carbonyl (C=O) groups is 1. The van der Waals surface area contributed by atoms with Crippen LogP contribution >= 0.6 is 11.3 Å². The largest absolute Gasteiger partial charge is 0.352 e. The normalized spacial score (nSPS) is 10.5. The van der Waals surface area contributed by atoms with Gasteiger partial charge >= 0.3 is 0 Å². The molecule has 1 amide bonds. The second-order valence-electron chi connectivity index (χ2n) is 5.64. The zero-order valence-electron chi connectivity index (χ0n) is 14.3. The molecule has 0 unspecified atom stereocenters. The zero-order chi connectivity index (χ0) is 17.8. The Morgan fingerprint density at radius 2 is 1.88 bits per heavy atom. The second-order valence-corrected chi connectivity index (χ2v) is 6.85. The van der Waals surface area contributed by atoms with Gasteiger partial charge in [0.05, 0.1) is 21.3 Å². The summed E-state index contributed by atoms with van der Waals surface area (Å²) in [6.45, 7) is 6.00. The monoisotopic (exact) mass is 353 g/mol. The third-order valence-electron chi connectivity index (χ3n) is 3.54. The standard InChI is InChI=1S/C18H19N5OS/c1-11-17(25-13(3)21-11)16-8-9-19-18(23-16)22-15-6-4-14(5-7-15)10-20-12(2)24/h4-9H,10H2,1-3H3,(H,20,24)(H,19,22,23). The first-order valence-electron chi connectivity index (χ1n) is 7.89. The number of aromatic nitrogens is 3.